The molecule has 0 fully saturated rings. The van der Waals surface area contributed by atoms with Gasteiger partial charge in [-0.15, -0.1) is 0 Å². The number of ether oxygens (including phenoxy) is 5. The molecule has 0 saturated heterocycles. The highest BCUT2D eigenvalue weighted by Gasteiger charge is 2.41. The van der Waals surface area contributed by atoms with Crippen molar-refractivity contribution >= 4 is 5.97 Å². The van der Waals surface area contributed by atoms with Crippen molar-refractivity contribution in [3.63, 3.8) is 0 Å². The van der Waals surface area contributed by atoms with Crippen LogP contribution in [0.5, 0.6) is 28.7 Å². The molecule has 0 aromatic heterocycles. The smallest absolute Gasteiger partial charge is 0.311 e. The summed E-state index contributed by atoms with van der Waals surface area (Å²) in [5.74, 6) is 2.38. The van der Waals surface area contributed by atoms with Gasteiger partial charge in [0.2, 0.25) is 0 Å². The van der Waals surface area contributed by atoms with Crippen LogP contribution < -0.4 is 23.7 Å². The fraction of sp³-hybridized carbons (Fsp3) is 0.409. The predicted molar refractivity (Wildman–Crippen MR) is 105 cm³/mol. The maximum Gasteiger partial charge on any atom is 0.311 e. The highest BCUT2D eigenvalue weighted by atomic mass is 16.6. The number of carbonyl (C=O) groups is 1. The first-order chi connectivity index (χ1) is 13.3. The first-order valence-corrected chi connectivity index (χ1v) is 9.04. The fourth-order valence-electron chi connectivity index (χ4n) is 3.80. The van der Waals surface area contributed by atoms with E-state index in [2.05, 4.69) is 13.8 Å². The molecule has 1 atom stereocenters. The summed E-state index contributed by atoms with van der Waals surface area (Å²) in [6.07, 6.45) is 0.225. The molecular formula is C22H26O6. The number of carbonyl (C=O) groups excluding carboxylic acids is 1. The lowest BCUT2D eigenvalue weighted by atomic mass is 9.69. The third-order valence-corrected chi connectivity index (χ3v) is 5.45. The monoisotopic (exact) mass is 386 g/mol. The summed E-state index contributed by atoms with van der Waals surface area (Å²) in [5, 5.41) is 0. The normalized spacial score (nSPS) is 17.8. The average molecular weight is 386 g/mol. The van der Waals surface area contributed by atoms with E-state index in [1.54, 1.807) is 34.5 Å². The van der Waals surface area contributed by atoms with Crippen molar-refractivity contribution in [2.45, 2.75) is 31.6 Å². The molecule has 0 amide bonds. The quantitative estimate of drug-likeness (QED) is 0.570. The van der Waals surface area contributed by atoms with Gasteiger partial charge in [0, 0.05) is 23.0 Å². The van der Waals surface area contributed by atoms with Crippen molar-refractivity contribution in [3.05, 3.63) is 41.5 Å². The van der Waals surface area contributed by atoms with E-state index in [-0.39, 0.29) is 18.3 Å². The summed E-state index contributed by atoms with van der Waals surface area (Å²) in [4.78, 5) is 12.7. The topological polar surface area (TPSA) is 63.2 Å². The lowest BCUT2D eigenvalue weighted by Gasteiger charge is -2.34. The predicted octanol–water partition coefficient (Wildman–Crippen LogP) is 4.09. The molecule has 0 bridgehead atoms. The minimum atomic E-state index is -0.442. The first-order valence-electron chi connectivity index (χ1n) is 9.04. The number of methoxy groups -OCH3 is 4. The summed E-state index contributed by atoms with van der Waals surface area (Å²) in [5.41, 5.74) is 1.38. The van der Waals surface area contributed by atoms with Crippen LogP contribution in [0.25, 0.3) is 0 Å². The second-order valence-corrected chi connectivity index (χ2v) is 7.27. The van der Waals surface area contributed by atoms with Crippen molar-refractivity contribution in [2.75, 3.05) is 28.4 Å². The van der Waals surface area contributed by atoms with Crippen molar-refractivity contribution in [1.82, 2.24) is 0 Å². The number of rotatable bonds is 5. The summed E-state index contributed by atoms with van der Waals surface area (Å²) in [7, 11) is 6.34. The SMILES string of the molecule is COc1cc(OC)c2c(c1)C(C)(C)C(c1ccc(OC)c(OC)c1)CC(=O)O2. The van der Waals surface area contributed by atoms with Crippen LogP contribution in [0.4, 0.5) is 0 Å². The molecule has 6 heteroatoms. The van der Waals surface area contributed by atoms with Gasteiger partial charge < -0.3 is 23.7 Å². The Kier molecular flexibility index (Phi) is 5.40. The van der Waals surface area contributed by atoms with E-state index in [1.807, 2.05) is 24.3 Å². The second-order valence-electron chi connectivity index (χ2n) is 7.27. The van der Waals surface area contributed by atoms with Gasteiger partial charge in [0.05, 0.1) is 34.9 Å². The first kappa shape index (κ1) is 19.9. The molecular weight excluding hydrogens is 360 g/mol. The van der Waals surface area contributed by atoms with Gasteiger partial charge in [-0.1, -0.05) is 19.9 Å². The lowest BCUT2D eigenvalue weighted by Crippen LogP contribution is -2.27. The Morgan fingerprint density at radius 1 is 0.893 bits per heavy atom. The third kappa shape index (κ3) is 3.35. The Balaban J connectivity index is 2.19. The molecule has 0 radical (unpaired) electrons. The van der Waals surface area contributed by atoms with Crippen molar-refractivity contribution in [3.8, 4) is 28.7 Å². The zero-order valence-corrected chi connectivity index (χ0v) is 17.1. The summed E-state index contributed by atoms with van der Waals surface area (Å²) in [6, 6.07) is 9.36. The molecule has 0 N–H and O–H groups in total. The molecule has 1 unspecified atom stereocenters. The van der Waals surface area contributed by atoms with Crippen LogP contribution in [0.15, 0.2) is 30.3 Å². The maximum atomic E-state index is 12.7. The van der Waals surface area contributed by atoms with Gasteiger partial charge in [-0.05, 0) is 23.8 Å². The van der Waals surface area contributed by atoms with Gasteiger partial charge >= 0.3 is 5.97 Å². The van der Waals surface area contributed by atoms with Crippen LogP contribution in [0, 0.1) is 0 Å². The molecule has 0 aliphatic carbocycles. The van der Waals surface area contributed by atoms with Crippen LogP contribution >= 0.6 is 0 Å². The molecule has 2 aromatic carbocycles. The molecule has 1 aliphatic rings. The van der Waals surface area contributed by atoms with Crippen molar-refractivity contribution in [2.24, 2.45) is 0 Å². The molecule has 0 saturated carbocycles. The maximum absolute atomic E-state index is 12.7. The van der Waals surface area contributed by atoms with E-state index < -0.39 is 5.41 Å². The molecule has 150 valence electrons. The highest BCUT2D eigenvalue weighted by Crippen LogP contribution is 2.51. The Bertz CT molecular complexity index is 887. The van der Waals surface area contributed by atoms with Gasteiger partial charge in [-0.2, -0.15) is 0 Å². The number of hydrogen-bond donors (Lipinski definition) is 0. The van der Waals surface area contributed by atoms with Gasteiger partial charge in [0.1, 0.15) is 5.75 Å². The molecule has 6 nitrogen and oxygen atoms in total. The van der Waals surface area contributed by atoms with E-state index in [4.69, 9.17) is 23.7 Å². The van der Waals surface area contributed by atoms with E-state index in [0.29, 0.717) is 28.7 Å². The third-order valence-electron chi connectivity index (χ3n) is 5.45. The van der Waals surface area contributed by atoms with Crippen molar-refractivity contribution in [1.29, 1.82) is 0 Å². The Morgan fingerprint density at radius 3 is 2.18 bits per heavy atom. The zero-order chi connectivity index (χ0) is 20.5. The molecule has 28 heavy (non-hydrogen) atoms. The summed E-state index contributed by atoms with van der Waals surface area (Å²) >= 11 is 0. The highest BCUT2D eigenvalue weighted by molar-refractivity contribution is 5.78. The number of esters is 1. The van der Waals surface area contributed by atoms with Crippen LogP contribution in [-0.4, -0.2) is 34.4 Å². The number of fused-ring (bicyclic) bond motifs is 1. The molecule has 2 aromatic rings. The minimum absolute atomic E-state index is 0.141. The zero-order valence-electron chi connectivity index (χ0n) is 17.1. The van der Waals surface area contributed by atoms with Gasteiger partial charge in [-0.25, -0.2) is 0 Å². The van der Waals surface area contributed by atoms with Crippen LogP contribution in [0.2, 0.25) is 0 Å². The Morgan fingerprint density at radius 2 is 1.57 bits per heavy atom. The Labute approximate surface area is 165 Å². The van der Waals surface area contributed by atoms with Crippen LogP contribution in [0.1, 0.15) is 37.3 Å². The summed E-state index contributed by atoms with van der Waals surface area (Å²) in [6.45, 7) is 4.18. The molecule has 3 rings (SSSR count). The van der Waals surface area contributed by atoms with E-state index in [0.717, 1.165) is 11.1 Å². The lowest BCUT2D eigenvalue weighted by molar-refractivity contribution is -0.134. The van der Waals surface area contributed by atoms with Crippen molar-refractivity contribution < 1.29 is 28.5 Å². The fourth-order valence-corrected chi connectivity index (χ4v) is 3.80. The minimum Gasteiger partial charge on any atom is -0.497 e. The number of hydrogen-bond acceptors (Lipinski definition) is 6. The second kappa shape index (κ2) is 7.62. The largest absolute Gasteiger partial charge is 0.497 e. The molecule has 0 spiro atoms. The van der Waals surface area contributed by atoms with E-state index in [1.165, 1.54) is 0 Å². The average Bonchev–Trinajstić information content (AvgIpc) is 2.80. The van der Waals surface area contributed by atoms with Crippen LogP contribution in [0.3, 0.4) is 0 Å². The van der Waals surface area contributed by atoms with E-state index >= 15 is 0 Å². The standard InChI is InChI=1S/C22H26O6/c1-22(2)15(13-7-8-17(25-4)18(9-13)26-5)12-20(23)28-21-16(22)10-14(24-3)11-19(21)27-6/h7-11,15H,12H2,1-6H3. The molecule has 1 heterocycles. The Hall–Kier alpha value is -2.89. The van der Waals surface area contributed by atoms with Crippen LogP contribution in [-0.2, 0) is 10.2 Å². The summed E-state index contributed by atoms with van der Waals surface area (Å²) < 4.78 is 27.4. The number of benzene rings is 2. The van der Waals surface area contributed by atoms with E-state index in [9.17, 15) is 4.79 Å². The molecule has 1 aliphatic heterocycles. The van der Waals surface area contributed by atoms with Gasteiger partial charge in [0.15, 0.2) is 23.0 Å². The van der Waals surface area contributed by atoms with Gasteiger partial charge in [0.25, 0.3) is 0 Å². The van der Waals surface area contributed by atoms with Gasteiger partial charge in [-0.3, -0.25) is 4.79 Å².